The maximum absolute atomic E-state index is 13.9. The van der Waals surface area contributed by atoms with Gasteiger partial charge in [0, 0.05) is 5.56 Å². The van der Waals surface area contributed by atoms with Crippen molar-refractivity contribution in [3.05, 3.63) is 65.7 Å². The molecular weight excluding hydrogens is 407 g/mol. The maximum Gasteiger partial charge on any atom is 0.325 e. The van der Waals surface area contributed by atoms with Crippen molar-refractivity contribution in [2.45, 2.75) is 12.5 Å². The van der Waals surface area contributed by atoms with Gasteiger partial charge in [0.2, 0.25) is 0 Å². The van der Waals surface area contributed by atoms with Crippen molar-refractivity contribution in [3.63, 3.8) is 0 Å². The van der Waals surface area contributed by atoms with Gasteiger partial charge in [0.1, 0.15) is 11.9 Å². The fourth-order valence-electron chi connectivity index (χ4n) is 3.35. The number of benzene rings is 2. The summed E-state index contributed by atoms with van der Waals surface area (Å²) >= 11 is 0. The Morgan fingerprint density at radius 2 is 2.03 bits per heavy atom. The van der Waals surface area contributed by atoms with E-state index < -0.39 is 35.6 Å². The van der Waals surface area contributed by atoms with Crippen LogP contribution in [-0.2, 0) is 10.3 Å². The molecule has 2 heterocycles. The van der Waals surface area contributed by atoms with Crippen LogP contribution in [0.4, 0.5) is 9.18 Å². The SMILES string of the molecule is COc1ccc(C(=O)CN2C(=O)NC(C)(c3cccc(-n4cnnn4)c3)C2=O)cc1F. The third-order valence-electron chi connectivity index (χ3n) is 5.09. The number of ketones is 1. The van der Waals surface area contributed by atoms with E-state index in [9.17, 15) is 18.8 Å². The van der Waals surface area contributed by atoms with E-state index in [1.807, 2.05) is 0 Å². The number of nitrogens with one attached hydrogen (secondary N) is 1. The molecule has 1 N–H and O–H groups in total. The van der Waals surface area contributed by atoms with Crippen LogP contribution < -0.4 is 10.1 Å². The average Bonchev–Trinajstić information content (AvgIpc) is 3.38. The quantitative estimate of drug-likeness (QED) is 0.470. The van der Waals surface area contributed by atoms with E-state index in [1.54, 1.807) is 31.2 Å². The number of methoxy groups -OCH3 is 1. The molecule has 3 aromatic rings. The first-order chi connectivity index (χ1) is 14.8. The van der Waals surface area contributed by atoms with Gasteiger partial charge in [-0.25, -0.2) is 13.9 Å². The van der Waals surface area contributed by atoms with Crippen LogP contribution in [0.15, 0.2) is 48.8 Å². The lowest BCUT2D eigenvalue weighted by atomic mass is 9.91. The van der Waals surface area contributed by atoms with E-state index >= 15 is 0 Å². The Morgan fingerprint density at radius 1 is 1.23 bits per heavy atom. The zero-order valence-corrected chi connectivity index (χ0v) is 16.6. The number of urea groups is 1. The molecule has 1 aromatic heterocycles. The summed E-state index contributed by atoms with van der Waals surface area (Å²) in [5.41, 5.74) is -0.293. The molecule has 4 rings (SSSR count). The molecule has 0 bridgehead atoms. The van der Waals surface area contributed by atoms with Crippen LogP contribution >= 0.6 is 0 Å². The number of imide groups is 1. The lowest BCUT2D eigenvalue weighted by Gasteiger charge is -2.22. The minimum absolute atomic E-state index is 0.0124. The lowest BCUT2D eigenvalue weighted by Crippen LogP contribution is -2.41. The van der Waals surface area contributed by atoms with Gasteiger partial charge < -0.3 is 10.1 Å². The third kappa shape index (κ3) is 3.50. The van der Waals surface area contributed by atoms with Gasteiger partial charge in [0.25, 0.3) is 5.91 Å². The number of carbonyl (C=O) groups excluding carboxylic acids is 3. The summed E-state index contributed by atoms with van der Waals surface area (Å²) in [6.07, 6.45) is 1.40. The largest absolute Gasteiger partial charge is 0.494 e. The first-order valence-electron chi connectivity index (χ1n) is 9.18. The fourth-order valence-corrected chi connectivity index (χ4v) is 3.35. The zero-order chi connectivity index (χ0) is 22.2. The Hall–Kier alpha value is -4.15. The summed E-state index contributed by atoms with van der Waals surface area (Å²) in [5, 5.41) is 13.6. The van der Waals surface area contributed by atoms with Gasteiger partial charge in [-0.1, -0.05) is 12.1 Å². The number of nitrogens with zero attached hydrogens (tertiary/aromatic N) is 5. The van der Waals surface area contributed by atoms with Gasteiger partial charge in [-0.3, -0.25) is 14.5 Å². The summed E-state index contributed by atoms with van der Waals surface area (Å²) in [6, 6.07) is 9.75. The van der Waals surface area contributed by atoms with Crippen molar-refractivity contribution in [3.8, 4) is 11.4 Å². The van der Waals surface area contributed by atoms with Gasteiger partial charge in [-0.2, -0.15) is 0 Å². The van der Waals surface area contributed by atoms with Gasteiger partial charge in [0.15, 0.2) is 17.3 Å². The molecule has 1 fully saturated rings. The van der Waals surface area contributed by atoms with Crippen molar-refractivity contribution in [1.29, 1.82) is 0 Å². The third-order valence-corrected chi connectivity index (χ3v) is 5.09. The summed E-state index contributed by atoms with van der Waals surface area (Å²) in [7, 11) is 1.31. The molecule has 10 nitrogen and oxygen atoms in total. The lowest BCUT2D eigenvalue weighted by molar-refractivity contribution is -0.130. The van der Waals surface area contributed by atoms with Gasteiger partial charge in [0.05, 0.1) is 19.3 Å². The summed E-state index contributed by atoms with van der Waals surface area (Å²) in [6.45, 7) is 1.02. The Morgan fingerprint density at radius 3 is 2.71 bits per heavy atom. The molecule has 3 amide bonds. The molecule has 158 valence electrons. The minimum atomic E-state index is -1.40. The molecule has 0 saturated carbocycles. The van der Waals surface area contributed by atoms with Crippen LogP contribution in [0.5, 0.6) is 5.75 Å². The second-order valence-electron chi connectivity index (χ2n) is 7.02. The summed E-state index contributed by atoms with van der Waals surface area (Å²) in [5.74, 6) is -1.91. The number of aromatic nitrogens is 4. The fraction of sp³-hybridized carbons (Fsp3) is 0.200. The zero-order valence-electron chi connectivity index (χ0n) is 16.6. The number of hydrogen-bond acceptors (Lipinski definition) is 7. The number of rotatable bonds is 6. The van der Waals surface area contributed by atoms with Crippen LogP contribution in [0, 0.1) is 5.82 Å². The van der Waals surface area contributed by atoms with Crippen molar-refractivity contribution >= 4 is 17.7 Å². The maximum atomic E-state index is 13.9. The molecule has 0 spiro atoms. The number of amides is 3. The van der Waals surface area contributed by atoms with Crippen LogP contribution in [0.25, 0.3) is 5.69 Å². The Bertz CT molecular complexity index is 1180. The molecule has 0 aliphatic carbocycles. The van der Waals surface area contributed by atoms with Crippen molar-refractivity contribution < 1.29 is 23.5 Å². The summed E-state index contributed by atoms with van der Waals surface area (Å²) in [4.78, 5) is 39.1. The Labute approximate surface area is 175 Å². The number of tetrazole rings is 1. The van der Waals surface area contributed by atoms with E-state index in [0.717, 1.165) is 11.0 Å². The molecule has 1 saturated heterocycles. The van der Waals surface area contributed by atoms with E-state index in [-0.39, 0.29) is 11.3 Å². The standard InChI is InChI=1S/C20H17FN6O4/c1-20(13-4-3-5-14(9-13)27-11-22-24-25-27)18(29)26(19(30)23-20)10-16(28)12-6-7-17(31-2)15(21)8-12/h3-9,11H,10H2,1-2H3,(H,23,30). The number of ether oxygens (including phenoxy) is 1. The predicted octanol–water partition coefficient (Wildman–Crippen LogP) is 1.46. The highest BCUT2D eigenvalue weighted by molar-refractivity contribution is 6.11. The van der Waals surface area contributed by atoms with Crippen LogP contribution in [0.1, 0.15) is 22.8 Å². The molecule has 1 atom stereocenters. The van der Waals surface area contributed by atoms with Crippen LogP contribution in [-0.4, -0.2) is 56.5 Å². The van der Waals surface area contributed by atoms with E-state index in [1.165, 1.54) is 30.3 Å². The molecule has 0 radical (unpaired) electrons. The summed E-state index contributed by atoms with van der Waals surface area (Å²) < 4.78 is 20.2. The first-order valence-corrected chi connectivity index (χ1v) is 9.18. The Kier molecular flexibility index (Phi) is 4.93. The highest BCUT2D eigenvalue weighted by atomic mass is 19.1. The number of halogens is 1. The van der Waals surface area contributed by atoms with E-state index in [0.29, 0.717) is 11.3 Å². The first kappa shape index (κ1) is 20.1. The van der Waals surface area contributed by atoms with Crippen molar-refractivity contribution in [2.75, 3.05) is 13.7 Å². The van der Waals surface area contributed by atoms with Crippen molar-refractivity contribution in [2.24, 2.45) is 0 Å². The molecule has 11 heteroatoms. The van der Waals surface area contributed by atoms with Gasteiger partial charge in [-0.15, -0.1) is 5.10 Å². The molecule has 1 aliphatic heterocycles. The highest BCUT2D eigenvalue weighted by Gasteiger charge is 2.49. The average molecular weight is 424 g/mol. The number of Topliss-reactive ketones (excluding diaryl/α,β-unsaturated/α-hetero) is 1. The smallest absolute Gasteiger partial charge is 0.325 e. The van der Waals surface area contributed by atoms with Crippen LogP contribution in [0.2, 0.25) is 0 Å². The molecule has 31 heavy (non-hydrogen) atoms. The minimum Gasteiger partial charge on any atom is -0.494 e. The van der Waals surface area contributed by atoms with Gasteiger partial charge >= 0.3 is 6.03 Å². The molecule has 2 aromatic carbocycles. The number of hydrogen-bond donors (Lipinski definition) is 1. The van der Waals surface area contributed by atoms with E-state index in [2.05, 4.69) is 20.8 Å². The molecule has 1 aliphatic rings. The van der Waals surface area contributed by atoms with Crippen molar-refractivity contribution in [1.82, 2.24) is 30.4 Å². The highest BCUT2D eigenvalue weighted by Crippen LogP contribution is 2.30. The number of carbonyl (C=O) groups is 3. The topological polar surface area (TPSA) is 119 Å². The Balaban J connectivity index is 1.58. The predicted molar refractivity (Wildman–Crippen MR) is 104 cm³/mol. The monoisotopic (exact) mass is 424 g/mol. The van der Waals surface area contributed by atoms with Crippen LogP contribution in [0.3, 0.4) is 0 Å². The molecular formula is C20H17FN6O4. The second kappa shape index (κ2) is 7.59. The molecule has 1 unspecified atom stereocenters. The normalized spacial score (nSPS) is 18.2. The van der Waals surface area contributed by atoms with Gasteiger partial charge in [-0.05, 0) is 53.2 Å². The second-order valence-corrected chi connectivity index (χ2v) is 7.02. The van der Waals surface area contributed by atoms with E-state index in [4.69, 9.17) is 4.74 Å².